The Morgan fingerprint density at radius 1 is 1.36 bits per heavy atom. The summed E-state index contributed by atoms with van der Waals surface area (Å²) in [6, 6.07) is 10.2. The van der Waals surface area contributed by atoms with Gasteiger partial charge >= 0.3 is 0 Å². The summed E-state index contributed by atoms with van der Waals surface area (Å²) >= 11 is 2.84. The molecule has 0 radical (unpaired) electrons. The van der Waals surface area contributed by atoms with Crippen molar-refractivity contribution in [2.75, 3.05) is 42.7 Å². The standard InChI is InChI=1S/C17H23N5OS2/c1-3-10-19-16-20-21-17(25-16)24-13-15(23)18-11-7-12-22(2)14-8-5-4-6-9-14/h3-6,8-9H,1,7,10-13H2,2H3,(H,18,23)(H,19,20). The van der Waals surface area contributed by atoms with Crippen LogP contribution in [0.3, 0.4) is 0 Å². The summed E-state index contributed by atoms with van der Waals surface area (Å²) in [5.74, 6) is 0.369. The van der Waals surface area contributed by atoms with E-state index in [1.54, 1.807) is 6.08 Å². The van der Waals surface area contributed by atoms with Gasteiger partial charge in [0.1, 0.15) is 0 Å². The van der Waals surface area contributed by atoms with E-state index in [0.717, 1.165) is 22.4 Å². The Kier molecular flexibility index (Phi) is 8.27. The minimum absolute atomic E-state index is 0.0168. The lowest BCUT2D eigenvalue weighted by Crippen LogP contribution is -2.29. The molecule has 6 nitrogen and oxygen atoms in total. The number of nitrogens with zero attached hydrogens (tertiary/aromatic N) is 3. The van der Waals surface area contributed by atoms with E-state index in [-0.39, 0.29) is 5.91 Å². The monoisotopic (exact) mass is 377 g/mol. The van der Waals surface area contributed by atoms with Gasteiger partial charge in [-0.15, -0.1) is 16.8 Å². The van der Waals surface area contributed by atoms with Gasteiger partial charge in [-0.3, -0.25) is 4.79 Å². The smallest absolute Gasteiger partial charge is 0.230 e. The second kappa shape index (κ2) is 10.7. The predicted molar refractivity (Wildman–Crippen MR) is 107 cm³/mol. The highest BCUT2D eigenvalue weighted by Gasteiger charge is 2.07. The fourth-order valence-electron chi connectivity index (χ4n) is 2.03. The molecule has 1 aromatic heterocycles. The van der Waals surface area contributed by atoms with E-state index in [1.165, 1.54) is 28.8 Å². The number of amides is 1. The highest BCUT2D eigenvalue weighted by Crippen LogP contribution is 2.24. The van der Waals surface area contributed by atoms with E-state index in [4.69, 9.17) is 0 Å². The Bertz CT molecular complexity index is 662. The van der Waals surface area contributed by atoms with Gasteiger partial charge in [-0.25, -0.2) is 0 Å². The molecule has 0 saturated carbocycles. The van der Waals surface area contributed by atoms with Crippen molar-refractivity contribution in [3.8, 4) is 0 Å². The molecular formula is C17H23N5OS2. The zero-order valence-electron chi connectivity index (χ0n) is 14.3. The highest BCUT2D eigenvalue weighted by atomic mass is 32.2. The van der Waals surface area contributed by atoms with Gasteiger partial charge in [-0.1, -0.05) is 47.4 Å². The third-order valence-electron chi connectivity index (χ3n) is 3.32. The minimum Gasteiger partial charge on any atom is -0.375 e. The van der Waals surface area contributed by atoms with Crippen molar-refractivity contribution in [1.82, 2.24) is 15.5 Å². The first-order valence-corrected chi connectivity index (χ1v) is 9.83. The lowest BCUT2D eigenvalue weighted by molar-refractivity contribution is -0.118. The van der Waals surface area contributed by atoms with Crippen LogP contribution in [0.25, 0.3) is 0 Å². The number of benzene rings is 1. The third kappa shape index (κ3) is 7.15. The zero-order chi connectivity index (χ0) is 17.9. The molecule has 0 bridgehead atoms. The first-order chi connectivity index (χ1) is 12.2. The zero-order valence-corrected chi connectivity index (χ0v) is 15.9. The number of thioether (sulfide) groups is 1. The number of hydrogen-bond donors (Lipinski definition) is 2. The van der Waals surface area contributed by atoms with Crippen molar-refractivity contribution in [3.63, 3.8) is 0 Å². The van der Waals surface area contributed by atoms with Gasteiger partial charge in [0.25, 0.3) is 0 Å². The van der Waals surface area contributed by atoms with Crippen LogP contribution in [0, 0.1) is 0 Å². The number of carbonyl (C=O) groups is 1. The van der Waals surface area contributed by atoms with Crippen LogP contribution in [0.15, 0.2) is 47.3 Å². The summed E-state index contributed by atoms with van der Waals surface area (Å²) in [7, 11) is 2.06. The summed E-state index contributed by atoms with van der Waals surface area (Å²) in [4.78, 5) is 14.1. The summed E-state index contributed by atoms with van der Waals surface area (Å²) in [5, 5.41) is 14.8. The number of hydrogen-bond acceptors (Lipinski definition) is 7. The summed E-state index contributed by atoms with van der Waals surface area (Å²) in [5.41, 5.74) is 1.18. The molecule has 2 N–H and O–H groups in total. The fourth-order valence-corrected chi connectivity index (χ4v) is 3.62. The van der Waals surface area contributed by atoms with Gasteiger partial charge in [0.2, 0.25) is 11.0 Å². The minimum atomic E-state index is 0.0168. The molecule has 0 spiro atoms. The van der Waals surface area contributed by atoms with E-state index in [9.17, 15) is 4.79 Å². The summed E-state index contributed by atoms with van der Waals surface area (Å²) in [6.07, 6.45) is 2.66. The van der Waals surface area contributed by atoms with Crippen molar-refractivity contribution in [2.24, 2.45) is 0 Å². The van der Waals surface area contributed by atoms with Gasteiger partial charge in [-0.05, 0) is 18.6 Å². The third-order valence-corrected chi connectivity index (χ3v) is 5.33. The number of rotatable bonds is 11. The molecule has 2 rings (SSSR count). The maximum absolute atomic E-state index is 11.9. The Hall–Kier alpha value is -2.06. The van der Waals surface area contributed by atoms with E-state index in [2.05, 4.69) is 51.5 Å². The van der Waals surface area contributed by atoms with Crippen LogP contribution in [0.2, 0.25) is 0 Å². The molecule has 0 atom stereocenters. The Balaban J connectivity index is 1.59. The molecule has 0 aliphatic rings. The van der Waals surface area contributed by atoms with Crippen molar-refractivity contribution in [3.05, 3.63) is 43.0 Å². The molecule has 134 valence electrons. The van der Waals surface area contributed by atoms with E-state index in [0.29, 0.717) is 18.8 Å². The molecule has 1 aromatic carbocycles. The number of nitrogens with one attached hydrogen (secondary N) is 2. The van der Waals surface area contributed by atoms with Gasteiger partial charge < -0.3 is 15.5 Å². The number of carbonyl (C=O) groups excluding carboxylic acids is 1. The van der Waals surface area contributed by atoms with Gasteiger partial charge in [0.05, 0.1) is 5.75 Å². The van der Waals surface area contributed by atoms with Crippen LogP contribution >= 0.6 is 23.1 Å². The number of anilines is 2. The van der Waals surface area contributed by atoms with Gasteiger partial charge in [-0.2, -0.15) is 0 Å². The van der Waals surface area contributed by atoms with Crippen LogP contribution in [0.1, 0.15) is 6.42 Å². The first kappa shape index (κ1) is 19.3. The molecule has 0 saturated heterocycles. The average molecular weight is 378 g/mol. The summed E-state index contributed by atoms with van der Waals surface area (Å²) < 4.78 is 0.783. The maximum atomic E-state index is 11.9. The van der Waals surface area contributed by atoms with Gasteiger partial charge in [0.15, 0.2) is 4.34 Å². The maximum Gasteiger partial charge on any atom is 0.230 e. The van der Waals surface area contributed by atoms with E-state index >= 15 is 0 Å². The molecule has 0 aliphatic heterocycles. The Morgan fingerprint density at radius 2 is 2.16 bits per heavy atom. The molecule has 1 amide bonds. The molecule has 25 heavy (non-hydrogen) atoms. The van der Waals surface area contributed by atoms with Crippen LogP contribution in [-0.4, -0.2) is 48.5 Å². The van der Waals surface area contributed by atoms with E-state index in [1.807, 2.05) is 18.2 Å². The molecular weight excluding hydrogens is 354 g/mol. The Labute approximate surface area is 156 Å². The molecule has 2 aromatic rings. The first-order valence-electron chi connectivity index (χ1n) is 8.03. The van der Waals surface area contributed by atoms with Crippen LogP contribution in [-0.2, 0) is 4.79 Å². The largest absolute Gasteiger partial charge is 0.375 e. The normalized spacial score (nSPS) is 10.3. The van der Waals surface area contributed by atoms with Crippen molar-refractivity contribution < 1.29 is 4.79 Å². The lowest BCUT2D eigenvalue weighted by Gasteiger charge is -2.19. The van der Waals surface area contributed by atoms with Crippen LogP contribution < -0.4 is 15.5 Å². The lowest BCUT2D eigenvalue weighted by atomic mass is 10.3. The van der Waals surface area contributed by atoms with Crippen molar-refractivity contribution in [2.45, 2.75) is 10.8 Å². The molecule has 8 heteroatoms. The molecule has 0 fully saturated rings. The van der Waals surface area contributed by atoms with Crippen LogP contribution in [0.5, 0.6) is 0 Å². The quantitative estimate of drug-likeness (QED) is 0.356. The molecule has 1 heterocycles. The highest BCUT2D eigenvalue weighted by molar-refractivity contribution is 8.01. The second-order valence-corrected chi connectivity index (χ2v) is 7.49. The van der Waals surface area contributed by atoms with Crippen LogP contribution in [0.4, 0.5) is 10.8 Å². The average Bonchev–Trinajstić information content (AvgIpc) is 3.10. The molecule has 0 unspecified atom stereocenters. The summed E-state index contributed by atoms with van der Waals surface area (Å²) in [6.45, 7) is 5.85. The number of para-hydroxylation sites is 1. The van der Waals surface area contributed by atoms with E-state index < -0.39 is 0 Å². The fraction of sp³-hybridized carbons (Fsp3) is 0.353. The topological polar surface area (TPSA) is 70.1 Å². The SMILES string of the molecule is C=CCNc1nnc(SCC(=O)NCCCN(C)c2ccccc2)s1. The van der Waals surface area contributed by atoms with Gasteiger partial charge in [0, 0.05) is 32.4 Å². The van der Waals surface area contributed by atoms with Crippen molar-refractivity contribution >= 4 is 39.8 Å². The number of aromatic nitrogens is 2. The molecule has 0 aliphatic carbocycles. The Morgan fingerprint density at radius 3 is 2.92 bits per heavy atom. The predicted octanol–water partition coefficient (Wildman–Crippen LogP) is 2.87. The second-order valence-electron chi connectivity index (χ2n) is 5.29. The van der Waals surface area contributed by atoms with Crippen molar-refractivity contribution in [1.29, 1.82) is 0 Å².